The average Bonchev–Trinajstić information content (AvgIpc) is 3.45. The topological polar surface area (TPSA) is 61.0 Å². The lowest BCUT2D eigenvalue weighted by Gasteiger charge is -2.35. The number of ether oxygens (including phenoxy) is 4. The molecule has 8 aromatic rings. The van der Waals surface area contributed by atoms with Crippen LogP contribution in [0.5, 0.6) is 23.0 Å². The van der Waals surface area contributed by atoms with Gasteiger partial charge in [-0.15, -0.1) is 0 Å². The molecule has 0 fully saturated rings. The predicted molar refractivity (Wildman–Crippen MR) is 300 cm³/mol. The molecule has 2 N–H and O–H groups in total. The molecule has 6 heteroatoms. The van der Waals surface area contributed by atoms with Crippen LogP contribution in [0.15, 0.2) is 194 Å². The number of fused-ring (bicyclic) bond motifs is 2. The number of unbranched alkanes of at least 4 members (excludes halogenated alkanes) is 3. The van der Waals surface area contributed by atoms with Gasteiger partial charge in [-0.1, -0.05) is 207 Å². The van der Waals surface area contributed by atoms with Crippen LogP contribution in [-0.2, 0) is 52.1 Å². The first kappa shape index (κ1) is 50.4. The van der Waals surface area contributed by atoms with Crippen molar-refractivity contribution in [3.05, 3.63) is 261 Å². The second kappa shape index (κ2) is 25.2. The van der Waals surface area contributed by atoms with Gasteiger partial charge in [-0.3, -0.25) is 0 Å². The Morgan fingerprint density at radius 3 is 1.00 bits per heavy atom. The minimum Gasteiger partial charge on any atom is -0.485 e. The number of nitrogens with one attached hydrogen (secondary N) is 2. The van der Waals surface area contributed by atoms with Crippen LogP contribution >= 0.6 is 0 Å². The van der Waals surface area contributed by atoms with E-state index in [0.717, 1.165) is 110 Å². The highest BCUT2D eigenvalue weighted by Gasteiger charge is 2.35. The molecule has 2 unspecified atom stereocenters. The SMILES string of the molecule is CC(NCC1Cc2c1cc(CCCCCCc1cc3c(c(OCc4ccccc4)c1OCc1ccccc1)C[C@H]3CN[C@@H](C)c1ccccc1)c(OCc1ccccc1)c2OCc1ccccc1)c1ccccc1. The molecule has 8 aromatic carbocycles. The summed E-state index contributed by atoms with van der Waals surface area (Å²) < 4.78 is 27.5. The second-order valence-corrected chi connectivity index (χ2v) is 20.4. The van der Waals surface area contributed by atoms with Crippen LogP contribution in [-0.4, -0.2) is 13.1 Å². The zero-order valence-corrected chi connectivity index (χ0v) is 43.3. The second-order valence-electron chi connectivity index (χ2n) is 20.4. The molecule has 6 nitrogen and oxygen atoms in total. The first-order chi connectivity index (χ1) is 36.5. The molecule has 0 saturated heterocycles. The summed E-state index contributed by atoms with van der Waals surface area (Å²) in [5.41, 5.74) is 15.0. The Morgan fingerprint density at radius 1 is 0.378 bits per heavy atom. The van der Waals surface area contributed by atoms with Gasteiger partial charge in [0.05, 0.1) is 0 Å². The molecule has 4 atom stereocenters. The van der Waals surface area contributed by atoms with Gasteiger partial charge in [-0.2, -0.15) is 0 Å². The molecule has 378 valence electrons. The van der Waals surface area contributed by atoms with E-state index in [1.165, 1.54) is 44.5 Å². The van der Waals surface area contributed by atoms with E-state index in [-0.39, 0.29) is 12.1 Å². The minimum absolute atomic E-state index is 0.265. The Kier molecular flexibility index (Phi) is 17.2. The van der Waals surface area contributed by atoms with E-state index in [2.05, 4.69) is 219 Å². The average molecular weight is 981 g/mol. The third-order valence-electron chi connectivity index (χ3n) is 15.2. The Balaban J connectivity index is 0.873. The molecule has 0 amide bonds. The van der Waals surface area contributed by atoms with E-state index >= 15 is 0 Å². The largest absolute Gasteiger partial charge is 0.485 e. The molecule has 2 aliphatic rings. The van der Waals surface area contributed by atoms with Gasteiger partial charge in [0.2, 0.25) is 0 Å². The fourth-order valence-electron chi connectivity index (χ4n) is 10.7. The standard InChI is InChI=1S/C68H72N2O4/c1-49(55-33-21-9-22-34-55)69-43-59-41-63-61(59)39-57(65(71-45-51-25-11-5-12-26-51)67(63)73-47-53-29-15-7-16-30-53)37-19-3-4-20-38-58-40-62-60(44-70-50(2)56-35-23-10-24-36-56)42-64(62)68(74-48-54-31-17-8-18-32-54)66(58)72-46-52-27-13-6-14-28-52/h5-18,21-36,39-40,49-50,59-60,69-70H,3-4,19-20,37-38,41-48H2,1-2H3/t49-,50?,59-,60?/m0/s1. The lowest BCUT2D eigenvalue weighted by Crippen LogP contribution is -2.31. The number of benzene rings is 8. The lowest BCUT2D eigenvalue weighted by atomic mass is 9.75. The van der Waals surface area contributed by atoms with E-state index in [9.17, 15) is 0 Å². The Hall–Kier alpha value is -7.12. The fourth-order valence-corrected chi connectivity index (χ4v) is 10.7. The van der Waals surface area contributed by atoms with Gasteiger partial charge in [-0.25, -0.2) is 0 Å². The summed E-state index contributed by atoms with van der Waals surface area (Å²) in [5, 5.41) is 7.71. The van der Waals surface area contributed by atoms with Crippen molar-refractivity contribution in [3.8, 4) is 23.0 Å². The van der Waals surface area contributed by atoms with Crippen LogP contribution < -0.4 is 29.6 Å². The van der Waals surface area contributed by atoms with E-state index in [4.69, 9.17) is 18.9 Å². The summed E-state index contributed by atoms with van der Waals surface area (Å²) in [6.45, 7) is 8.31. The van der Waals surface area contributed by atoms with Gasteiger partial charge in [0.25, 0.3) is 0 Å². The number of hydrogen-bond acceptors (Lipinski definition) is 6. The highest BCUT2D eigenvalue weighted by Crippen LogP contribution is 2.50. The molecule has 0 aromatic heterocycles. The summed E-state index contributed by atoms with van der Waals surface area (Å²) in [6, 6.07) is 68.9. The molecule has 74 heavy (non-hydrogen) atoms. The third kappa shape index (κ3) is 12.8. The quantitative estimate of drug-likeness (QED) is 0.0501. The summed E-state index contributed by atoms with van der Waals surface area (Å²) >= 11 is 0. The number of hydrogen-bond donors (Lipinski definition) is 2. The third-order valence-corrected chi connectivity index (χ3v) is 15.2. The van der Waals surface area contributed by atoms with Crippen molar-refractivity contribution in [2.75, 3.05) is 13.1 Å². The zero-order chi connectivity index (χ0) is 50.3. The van der Waals surface area contributed by atoms with Gasteiger partial charge in [-0.05, 0) is 108 Å². The molecular formula is C68H72N2O4. The molecule has 0 heterocycles. The van der Waals surface area contributed by atoms with Crippen molar-refractivity contribution in [2.45, 2.75) is 116 Å². The molecular weight excluding hydrogens is 909 g/mol. The smallest absolute Gasteiger partial charge is 0.165 e. The summed E-state index contributed by atoms with van der Waals surface area (Å²) in [4.78, 5) is 0. The van der Waals surface area contributed by atoms with Crippen molar-refractivity contribution < 1.29 is 18.9 Å². The van der Waals surface area contributed by atoms with Gasteiger partial charge < -0.3 is 29.6 Å². The Bertz CT molecular complexity index is 2780. The van der Waals surface area contributed by atoms with Crippen LogP contribution in [0.3, 0.4) is 0 Å². The summed E-state index contributed by atoms with van der Waals surface area (Å²) in [6.07, 6.45) is 8.04. The maximum Gasteiger partial charge on any atom is 0.165 e. The molecule has 0 radical (unpaired) electrons. The molecule has 0 spiro atoms. The minimum atomic E-state index is 0.265. The highest BCUT2D eigenvalue weighted by molar-refractivity contribution is 5.62. The van der Waals surface area contributed by atoms with E-state index in [0.29, 0.717) is 38.3 Å². The first-order valence-corrected chi connectivity index (χ1v) is 27.1. The van der Waals surface area contributed by atoms with Gasteiger partial charge in [0.1, 0.15) is 26.4 Å². The Labute approximate surface area is 440 Å². The number of rotatable bonds is 27. The van der Waals surface area contributed by atoms with Crippen molar-refractivity contribution in [3.63, 3.8) is 0 Å². The molecule has 0 saturated carbocycles. The summed E-state index contributed by atoms with van der Waals surface area (Å²) in [7, 11) is 0. The van der Waals surface area contributed by atoms with Crippen LogP contribution in [0.2, 0.25) is 0 Å². The van der Waals surface area contributed by atoms with Crippen molar-refractivity contribution in [1.82, 2.24) is 10.6 Å². The molecule has 0 aliphatic heterocycles. The van der Waals surface area contributed by atoms with Gasteiger partial charge in [0.15, 0.2) is 23.0 Å². The van der Waals surface area contributed by atoms with Crippen molar-refractivity contribution >= 4 is 0 Å². The van der Waals surface area contributed by atoms with Crippen molar-refractivity contribution in [2.24, 2.45) is 0 Å². The monoisotopic (exact) mass is 981 g/mol. The van der Waals surface area contributed by atoms with Crippen LogP contribution in [0.1, 0.15) is 130 Å². The number of aryl methyl sites for hydroxylation is 2. The van der Waals surface area contributed by atoms with Gasteiger partial charge >= 0.3 is 0 Å². The van der Waals surface area contributed by atoms with Gasteiger partial charge in [0, 0.05) is 48.1 Å². The van der Waals surface area contributed by atoms with E-state index in [1.807, 2.05) is 0 Å². The van der Waals surface area contributed by atoms with E-state index < -0.39 is 0 Å². The molecule has 0 bridgehead atoms. The predicted octanol–water partition coefficient (Wildman–Crippen LogP) is 15.3. The maximum atomic E-state index is 6.88. The van der Waals surface area contributed by atoms with Crippen LogP contribution in [0, 0.1) is 0 Å². The highest BCUT2D eigenvalue weighted by atomic mass is 16.5. The van der Waals surface area contributed by atoms with Crippen LogP contribution in [0.25, 0.3) is 0 Å². The molecule has 10 rings (SSSR count). The van der Waals surface area contributed by atoms with E-state index in [1.54, 1.807) is 0 Å². The Morgan fingerprint density at radius 2 is 0.676 bits per heavy atom. The van der Waals surface area contributed by atoms with Crippen molar-refractivity contribution in [1.29, 1.82) is 0 Å². The lowest BCUT2D eigenvalue weighted by molar-refractivity contribution is 0.247. The van der Waals surface area contributed by atoms with Crippen LogP contribution in [0.4, 0.5) is 0 Å². The summed E-state index contributed by atoms with van der Waals surface area (Å²) in [5.74, 6) is 4.45. The first-order valence-electron chi connectivity index (χ1n) is 27.1. The molecule has 2 aliphatic carbocycles. The fraction of sp³-hybridized carbons (Fsp3) is 0.294. The maximum absolute atomic E-state index is 6.88. The zero-order valence-electron chi connectivity index (χ0n) is 43.3. The normalized spacial score (nSPS) is 15.2.